The van der Waals surface area contributed by atoms with E-state index in [2.05, 4.69) is 25.6 Å². The summed E-state index contributed by atoms with van der Waals surface area (Å²) in [5, 5.41) is 8.04. The van der Waals surface area contributed by atoms with E-state index in [0.717, 1.165) is 23.7 Å². The van der Waals surface area contributed by atoms with Crippen molar-refractivity contribution in [2.24, 2.45) is 0 Å². The van der Waals surface area contributed by atoms with Crippen LogP contribution >= 0.6 is 23.1 Å². The summed E-state index contributed by atoms with van der Waals surface area (Å²) in [6.45, 7) is 0.505. The molecular formula is C19H19N5O3S2. The zero-order chi connectivity index (χ0) is 20.5. The molecule has 29 heavy (non-hydrogen) atoms. The van der Waals surface area contributed by atoms with Gasteiger partial charge in [0.25, 0.3) is 5.56 Å². The molecule has 0 aliphatic heterocycles. The predicted octanol–water partition coefficient (Wildman–Crippen LogP) is 1.86. The zero-order valence-electron chi connectivity index (χ0n) is 15.4. The minimum Gasteiger partial charge on any atom is -0.355 e. The van der Waals surface area contributed by atoms with E-state index in [9.17, 15) is 14.4 Å². The van der Waals surface area contributed by atoms with Crippen molar-refractivity contribution in [2.75, 3.05) is 17.6 Å². The number of thiazole rings is 1. The molecule has 2 amide bonds. The van der Waals surface area contributed by atoms with Gasteiger partial charge in [-0.3, -0.25) is 14.4 Å². The van der Waals surface area contributed by atoms with Crippen LogP contribution in [0.3, 0.4) is 0 Å². The van der Waals surface area contributed by atoms with Crippen LogP contribution in [-0.4, -0.2) is 39.1 Å². The molecule has 150 valence electrons. The number of rotatable bonds is 9. The van der Waals surface area contributed by atoms with Gasteiger partial charge in [0.1, 0.15) is 0 Å². The Morgan fingerprint density at radius 1 is 1.17 bits per heavy atom. The molecule has 0 aliphatic rings. The molecule has 0 spiro atoms. The Hall–Kier alpha value is -2.98. The number of nitrogens with zero attached hydrogens (tertiary/aromatic N) is 2. The van der Waals surface area contributed by atoms with Gasteiger partial charge in [-0.15, -0.1) is 11.3 Å². The fourth-order valence-electron chi connectivity index (χ4n) is 2.43. The molecule has 8 nitrogen and oxygen atoms in total. The summed E-state index contributed by atoms with van der Waals surface area (Å²) >= 11 is 2.41. The second-order valence-electron chi connectivity index (χ2n) is 5.98. The first-order chi connectivity index (χ1) is 14.1. The molecule has 10 heteroatoms. The van der Waals surface area contributed by atoms with E-state index < -0.39 is 0 Å². The average Bonchev–Trinajstić information content (AvgIpc) is 3.20. The first kappa shape index (κ1) is 20.7. The molecule has 0 radical (unpaired) electrons. The molecule has 0 saturated heterocycles. The molecule has 0 aliphatic carbocycles. The number of nitrogens with one attached hydrogen (secondary N) is 3. The van der Waals surface area contributed by atoms with Crippen LogP contribution in [0.15, 0.2) is 57.9 Å². The highest BCUT2D eigenvalue weighted by Gasteiger charge is 2.10. The van der Waals surface area contributed by atoms with E-state index in [1.165, 1.54) is 17.4 Å². The molecule has 2 heterocycles. The van der Waals surface area contributed by atoms with Crippen LogP contribution in [0.5, 0.6) is 0 Å². The molecule has 3 aromatic rings. The summed E-state index contributed by atoms with van der Waals surface area (Å²) in [5.74, 6) is -0.400. The first-order valence-corrected chi connectivity index (χ1v) is 10.7. The second-order valence-corrected chi connectivity index (χ2v) is 7.84. The van der Waals surface area contributed by atoms with Crippen molar-refractivity contribution < 1.29 is 9.59 Å². The van der Waals surface area contributed by atoms with Crippen LogP contribution in [0.2, 0.25) is 0 Å². The summed E-state index contributed by atoms with van der Waals surface area (Å²) < 4.78 is 0. The Balaban J connectivity index is 1.48. The summed E-state index contributed by atoms with van der Waals surface area (Å²) in [4.78, 5) is 46.7. The molecule has 0 unspecified atom stereocenters. The monoisotopic (exact) mass is 429 g/mol. The van der Waals surface area contributed by atoms with Crippen molar-refractivity contribution in [1.82, 2.24) is 20.3 Å². The predicted molar refractivity (Wildman–Crippen MR) is 113 cm³/mol. The quantitative estimate of drug-likeness (QED) is 0.353. The van der Waals surface area contributed by atoms with E-state index in [0.29, 0.717) is 22.5 Å². The van der Waals surface area contributed by atoms with Gasteiger partial charge in [-0.1, -0.05) is 42.1 Å². The Bertz CT molecular complexity index is 1010. The third-order valence-electron chi connectivity index (χ3n) is 3.71. The normalized spacial score (nSPS) is 10.5. The summed E-state index contributed by atoms with van der Waals surface area (Å²) in [6, 6.07) is 11.1. The molecule has 3 N–H and O–H groups in total. The largest absolute Gasteiger partial charge is 0.355 e. The molecule has 0 atom stereocenters. The first-order valence-electron chi connectivity index (χ1n) is 8.81. The van der Waals surface area contributed by atoms with Crippen LogP contribution in [-0.2, 0) is 22.4 Å². The molecule has 3 rings (SSSR count). The van der Waals surface area contributed by atoms with Gasteiger partial charge in [-0.25, -0.2) is 9.97 Å². The fraction of sp³-hybridized carbons (Fsp3) is 0.211. The second kappa shape index (κ2) is 10.5. The number of thioether (sulfide) groups is 1. The number of amides is 2. The Morgan fingerprint density at radius 3 is 2.76 bits per heavy atom. The smallest absolute Gasteiger partial charge is 0.251 e. The SMILES string of the molecule is O=C(Cc1cc(=O)[nH]c(SCC(=O)Nc2nccs2)n1)NCCc1ccccc1. The van der Waals surface area contributed by atoms with Crippen LogP contribution < -0.4 is 16.2 Å². The Kier molecular flexibility index (Phi) is 7.54. The van der Waals surface area contributed by atoms with Gasteiger partial charge < -0.3 is 15.6 Å². The lowest BCUT2D eigenvalue weighted by molar-refractivity contribution is -0.120. The number of aromatic amines is 1. The summed E-state index contributed by atoms with van der Waals surface area (Å²) in [6.07, 6.45) is 2.32. The van der Waals surface area contributed by atoms with E-state index >= 15 is 0 Å². The number of hydrogen-bond acceptors (Lipinski definition) is 7. The average molecular weight is 430 g/mol. The van der Waals surface area contributed by atoms with E-state index in [1.54, 1.807) is 11.6 Å². The van der Waals surface area contributed by atoms with Crippen molar-refractivity contribution in [3.8, 4) is 0 Å². The standard InChI is InChI=1S/C19H19N5O3S2/c25-15(20-7-6-13-4-2-1-3-5-13)10-14-11-16(26)23-19(22-14)29-12-17(27)24-18-21-8-9-28-18/h1-5,8-9,11H,6-7,10,12H2,(H,20,25)(H,21,24,27)(H,22,23,26). The molecule has 2 aromatic heterocycles. The highest BCUT2D eigenvalue weighted by Crippen LogP contribution is 2.14. The van der Waals surface area contributed by atoms with Crippen molar-refractivity contribution in [3.63, 3.8) is 0 Å². The van der Waals surface area contributed by atoms with Crippen LogP contribution in [0.1, 0.15) is 11.3 Å². The molecule has 0 bridgehead atoms. The number of carbonyl (C=O) groups is 2. The lowest BCUT2D eigenvalue weighted by atomic mass is 10.1. The Morgan fingerprint density at radius 2 is 2.00 bits per heavy atom. The molecule has 1 aromatic carbocycles. The maximum atomic E-state index is 12.1. The molecule has 0 saturated carbocycles. The van der Waals surface area contributed by atoms with Gasteiger partial charge in [0.2, 0.25) is 11.8 Å². The van der Waals surface area contributed by atoms with E-state index in [1.807, 2.05) is 30.3 Å². The van der Waals surface area contributed by atoms with Crippen LogP contribution in [0.4, 0.5) is 5.13 Å². The lowest BCUT2D eigenvalue weighted by Gasteiger charge is -2.06. The van der Waals surface area contributed by atoms with E-state index in [4.69, 9.17) is 0 Å². The minimum absolute atomic E-state index is 0.00240. The van der Waals surface area contributed by atoms with Gasteiger partial charge in [0, 0.05) is 24.2 Å². The number of aromatic nitrogens is 3. The zero-order valence-corrected chi connectivity index (χ0v) is 17.0. The van der Waals surface area contributed by atoms with E-state index in [-0.39, 0.29) is 29.5 Å². The van der Waals surface area contributed by atoms with Crippen molar-refractivity contribution >= 4 is 40.0 Å². The summed E-state index contributed by atoms with van der Waals surface area (Å²) in [5.41, 5.74) is 1.13. The minimum atomic E-state index is -0.366. The number of H-pyrrole nitrogens is 1. The van der Waals surface area contributed by atoms with Gasteiger partial charge in [-0.2, -0.15) is 0 Å². The van der Waals surface area contributed by atoms with Crippen molar-refractivity contribution in [1.29, 1.82) is 0 Å². The van der Waals surface area contributed by atoms with Crippen molar-refractivity contribution in [3.05, 3.63) is 69.6 Å². The molecule has 0 fully saturated rings. The summed E-state index contributed by atoms with van der Waals surface area (Å²) in [7, 11) is 0. The van der Waals surface area contributed by atoms with Gasteiger partial charge >= 0.3 is 0 Å². The number of hydrogen-bond donors (Lipinski definition) is 3. The van der Waals surface area contributed by atoms with Crippen molar-refractivity contribution in [2.45, 2.75) is 18.0 Å². The Labute approximate surface area is 175 Å². The topological polar surface area (TPSA) is 117 Å². The lowest BCUT2D eigenvalue weighted by Crippen LogP contribution is -2.28. The number of carbonyl (C=O) groups excluding carboxylic acids is 2. The highest BCUT2D eigenvalue weighted by molar-refractivity contribution is 7.99. The third kappa shape index (κ3) is 7.16. The number of anilines is 1. The molecular weight excluding hydrogens is 410 g/mol. The number of benzene rings is 1. The maximum Gasteiger partial charge on any atom is 0.251 e. The highest BCUT2D eigenvalue weighted by atomic mass is 32.2. The third-order valence-corrected chi connectivity index (χ3v) is 5.27. The maximum absolute atomic E-state index is 12.1. The van der Waals surface area contributed by atoms with Gasteiger partial charge in [0.05, 0.1) is 17.9 Å². The van der Waals surface area contributed by atoms with Gasteiger partial charge in [-0.05, 0) is 12.0 Å². The van der Waals surface area contributed by atoms with Gasteiger partial charge in [0.15, 0.2) is 10.3 Å². The van der Waals surface area contributed by atoms with Crippen LogP contribution in [0, 0.1) is 0 Å². The fourth-order valence-corrected chi connectivity index (χ4v) is 3.67. The van der Waals surface area contributed by atoms with Crippen LogP contribution in [0.25, 0.3) is 0 Å².